The Labute approximate surface area is 148 Å². The van der Waals surface area contributed by atoms with Gasteiger partial charge >= 0.3 is 0 Å². The molecule has 2 amide bonds. The summed E-state index contributed by atoms with van der Waals surface area (Å²) in [5, 5.41) is 3.02. The number of likely N-dealkylation sites (tertiary alicyclic amines) is 1. The van der Waals surface area contributed by atoms with Gasteiger partial charge in [-0.2, -0.15) is 0 Å². The normalized spacial score (nSPS) is 19.8. The van der Waals surface area contributed by atoms with E-state index in [1.807, 2.05) is 24.0 Å². The number of H-pyrrole nitrogens is 1. The van der Waals surface area contributed by atoms with Gasteiger partial charge in [-0.15, -0.1) is 0 Å². The van der Waals surface area contributed by atoms with E-state index in [-0.39, 0.29) is 23.9 Å². The van der Waals surface area contributed by atoms with Crippen molar-refractivity contribution < 1.29 is 9.59 Å². The molecule has 132 valence electrons. The summed E-state index contributed by atoms with van der Waals surface area (Å²) in [7, 11) is 0. The molecule has 0 radical (unpaired) electrons. The average Bonchev–Trinajstić information content (AvgIpc) is 3.24. The second kappa shape index (κ2) is 7.55. The van der Waals surface area contributed by atoms with Crippen LogP contribution in [0.1, 0.15) is 41.4 Å². The highest BCUT2D eigenvalue weighted by molar-refractivity contribution is 5.92. The van der Waals surface area contributed by atoms with Crippen LogP contribution in [0.5, 0.6) is 0 Å². The van der Waals surface area contributed by atoms with Crippen molar-refractivity contribution in [2.24, 2.45) is 0 Å². The first-order valence-electron chi connectivity index (χ1n) is 8.83. The summed E-state index contributed by atoms with van der Waals surface area (Å²) in [6.07, 6.45) is 3.79. The zero-order valence-corrected chi connectivity index (χ0v) is 14.8. The molecule has 5 nitrogen and oxygen atoms in total. The zero-order chi connectivity index (χ0) is 17.8. The van der Waals surface area contributed by atoms with E-state index in [2.05, 4.69) is 29.4 Å². The van der Waals surface area contributed by atoms with Gasteiger partial charge < -0.3 is 15.2 Å². The average molecular weight is 339 g/mol. The van der Waals surface area contributed by atoms with Crippen molar-refractivity contribution in [1.82, 2.24) is 15.2 Å². The maximum absolute atomic E-state index is 12.6. The molecule has 1 saturated heterocycles. The number of nitrogens with one attached hydrogen (secondary N) is 2. The highest BCUT2D eigenvalue weighted by Gasteiger charge is 2.33. The predicted molar refractivity (Wildman–Crippen MR) is 97.3 cm³/mol. The first kappa shape index (κ1) is 17.3. The minimum atomic E-state index is -0.114. The van der Waals surface area contributed by atoms with Crippen LogP contribution < -0.4 is 5.32 Å². The molecule has 2 aromatic rings. The van der Waals surface area contributed by atoms with Crippen molar-refractivity contribution in [2.45, 2.75) is 45.2 Å². The monoisotopic (exact) mass is 339 g/mol. The molecular formula is C20H25N3O2. The molecule has 1 fully saturated rings. The highest BCUT2D eigenvalue weighted by atomic mass is 16.2. The summed E-state index contributed by atoms with van der Waals surface area (Å²) in [6, 6.07) is 11.9. The van der Waals surface area contributed by atoms with Crippen LogP contribution in [0.2, 0.25) is 0 Å². The van der Waals surface area contributed by atoms with E-state index in [0.717, 1.165) is 12.8 Å². The van der Waals surface area contributed by atoms with Crippen molar-refractivity contribution in [2.75, 3.05) is 6.54 Å². The van der Waals surface area contributed by atoms with Crippen LogP contribution in [-0.4, -0.2) is 40.3 Å². The summed E-state index contributed by atoms with van der Waals surface area (Å²) in [5.74, 6) is 0.0452. The molecule has 0 spiro atoms. The van der Waals surface area contributed by atoms with Gasteiger partial charge in [0.25, 0.3) is 5.91 Å². The number of rotatable bonds is 5. The molecule has 0 bridgehead atoms. The summed E-state index contributed by atoms with van der Waals surface area (Å²) in [4.78, 5) is 29.6. The van der Waals surface area contributed by atoms with Gasteiger partial charge in [-0.1, -0.05) is 24.3 Å². The zero-order valence-electron chi connectivity index (χ0n) is 14.8. The van der Waals surface area contributed by atoms with Crippen molar-refractivity contribution >= 4 is 11.8 Å². The fourth-order valence-corrected chi connectivity index (χ4v) is 3.49. The predicted octanol–water partition coefficient (Wildman–Crippen LogP) is 2.68. The lowest BCUT2D eigenvalue weighted by atomic mass is 10.0. The second-order valence-electron chi connectivity index (χ2n) is 6.81. The standard InChI is InChI=1S/C20H25N3O2/c1-14-6-3-4-7-16(14)9-10-19(24)23-13-17(12-15(23)2)22-20(25)18-8-5-11-21-18/h3-8,11,15,17,21H,9-10,12-13H2,1-2H3,(H,22,25). The minimum Gasteiger partial charge on any atom is -0.357 e. The lowest BCUT2D eigenvalue weighted by Crippen LogP contribution is -2.39. The van der Waals surface area contributed by atoms with Gasteiger partial charge in [0.15, 0.2) is 0 Å². The van der Waals surface area contributed by atoms with E-state index in [4.69, 9.17) is 0 Å². The van der Waals surface area contributed by atoms with Gasteiger partial charge in [-0.25, -0.2) is 0 Å². The Bertz CT molecular complexity index is 739. The minimum absolute atomic E-state index is 0.00760. The molecule has 2 heterocycles. The first-order valence-corrected chi connectivity index (χ1v) is 8.83. The number of carbonyl (C=O) groups excluding carboxylic acids is 2. The number of aromatic nitrogens is 1. The number of hydrogen-bond acceptors (Lipinski definition) is 2. The fraction of sp³-hybridized carbons (Fsp3) is 0.400. The fourth-order valence-electron chi connectivity index (χ4n) is 3.49. The van der Waals surface area contributed by atoms with Gasteiger partial charge in [0, 0.05) is 31.2 Å². The SMILES string of the molecule is Cc1ccccc1CCC(=O)N1CC(NC(=O)c2ccc[nH]2)CC1C. The first-order chi connectivity index (χ1) is 12.0. The number of aryl methyl sites for hydroxylation is 2. The van der Waals surface area contributed by atoms with Crippen LogP contribution in [0.25, 0.3) is 0 Å². The molecule has 1 aliphatic rings. The Morgan fingerprint density at radius 3 is 2.76 bits per heavy atom. The van der Waals surface area contributed by atoms with Gasteiger partial charge in [0.05, 0.1) is 0 Å². The number of carbonyl (C=O) groups is 2. The molecule has 2 N–H and O–H groups in total. The summed E-state index contributed by atoms with van der Waals surface area (Å²) < 4.78 is 0. The Hall–Kier alpha value is -2.56. The van der Waals surface area contributed by atoms with Gasteiger partial charge in [-0.3, -0.25) is 9.59 Å². The molecule has 0 saturated carbocycles. The molecule has 3 rings (SSSR count). The van der Waals surface area contributed by atoms with Crippen LogP contribution in [0, 0.1) is 6.92 Å². The van der Waals surface area contributed by atoms with Crippen LogP contribution >= 0.6 is 0 Å². The van der Waals surface area contributed by atoms with Crippen molar-refractivity contribution in [3.63, 3.8) is 0 Å². The maximum Gasteiger partial charge on any atom is 0.267 e. The van der Waals surface area contributed by atoms with E-state index in [1.54, 1.807) is 18.3 Å². The summed E-state index contributed by atoms with van der Waals surface area (Å²) in [5.41, 5.74) is 3.00. The molecule has 2 atom stereocenters. The van der Waals surface area contributed by atoms with Crippen LogP contribution in [0.3, 0.4) is 0 Å². The third-order valence-corrected chi connectivity index (χ3v) is 4.94. The lowest BCUT2D eigenvalue weighted by Gasteiger charge is -2.21. The summed E-state index contributed by atoms with van der Waals surface area (Å²) >= 11 is 0. The van der Waals surface area contributed by atoms with Crippen LogP contribution in [0.15, 0.2) is 42.6 Å². The Balaban J connectivity index is 1.53. The van der Waals surface area contributed by atoms with E-state index in [0.29, 0.717) is 18.7 Å². The van der Waals surface area contributed by atoms with E-state index in [1.165, 1.54) is 11.1 Å². The van der Waals surface area contributed by atoms with Crippen molar-refractivity contribution in [3.05, 3.63) is 59.4 Å². The Morgan fingerprint density at radius 2 is 2.04 bits per heavy atom. The number of nitrogens with zero attached hydrogens (tertiary/aromatic N) is 1. The molecule has 1 aromatic heterocycles. The molecule has 0 aliphatic carbocycles. The summed E-state index contributed by atoms with van der Waals surface area (Å²) in [6.45, 7) is 4.71. The van der Waals surface area contributed by atoms with Crippen LogP contribution in [-0.2, 0) is 11.2 Å². The number of aromatic amines is 1. The van der Waals surface area contributed by atoms with Crippen molar-refractivity contribution in [3.8, 4) is 0 Å². The Kier molecular flexibility index (Phi) is 5.22. The number of amides is 2. The largest absolute Gasteiger partial charge is 0.357 e. The second-order valence-corrected chi connectivity index (χ2v) is 6.81. The molecule has 1 aromatic carbocycles. The third kappa shape index (κ3) is 4.10. The van der Waals surface area contributed by atoms with Crippen LogP contribution in [0.4, 0.5) is 0 Å². The van der Waals surface area contributed by atoms with Gasteiger partial charge in [0.2, 0.25) is 5.91 Å². The molecular weight excluding hydrogens is 314 g/mol. The van der Waals surface area contributed by atoms with Crippen molar-refractivity contribution in [1.29, 1.82) is 0 Å². The number of benzene rings is 1. The molecule has 2 unspecified atom stereocenters. The quantitative estimate of drug-likeness (QED) is 0.879. The van der Waals surface area contributed by atoms with E-state index in [9.17, 15) is 9.59 Å². The number of hydrogen-bond donors (Lipinski definition) is 2. The van der Waals surface area contributed by atoms with Gasteiger partial charge in [-0.05, 0) is 49.9 Å². The van der Waals surface area contributed by atoms with E-state index >= 15 is 0 Å². The molecule has 5 heteroatoms. The Morgan fingerprint density at radius 1 is 1.24 bits per heavy atom. The third-order valence-electron chi connectivity index (χ3n) is 4.94. The van der Waals surface area contributed by atoms with E-state index < -0.39 is 0 Å². The lowest BCUT2D eigenvalue weighted by molar-refractivity contribution is -0.131. The van der Waals surface area contributed by atoms with Gasteiger partial charge in [0.1, 0.15) is 5.69 Å². The highest BCUT2D eigenvalue weighted by Crippen LogP contribution is 2.20. The molecule has 25 heavy (non-hydrogen) atoms. The smallest absolute Gasteiger partial charge is 0.267 e. The maximum atomic E-state index is 12.6. The molecule has 1 aliphatic heterocycles. The topological polar surface area (TPSA) is 65.2 Å².